The Bertz CT molecular complexity index is 158. The minimum Gasteiger partial charge on any atom is -0.378 e. The van der Waals surface area contributed by atoms with Gasteiger partial charge in [-0.15, -0.1) is 0 Å². The van der Waals surface area contributed by atoms with Crippen molar-refractivity contribution < 1.29 is 9.90 Å². The Kier molecular flexibility index (Phi) is 8.17. The van der Waals surface area contributed by atoms with Gasteiger partial charge < -0.3 is 15.2 Å². The summed E-state index contributed by atoms with van der Waals surface area (Å²) in [7, 11) is 3.72. The third-order valence-corrected chi connectivity index (χ3v) is 3.03. The van der Waals surface area contributed by atoms with Crippen LogP contribution in [0.15, 0.2) is 0 Å². The fourth-order valence-corrected chi connectivity index (χ4v) is 1.51. The van der Waals surface area contributed by atoms with E-state index in [0.717, 1.165) is 19.4 Å². The average Bonchev–Trinajstić information content (AvgIpc) is 2.21. The molecule has 2 N–H and O–H groups in total. The van der Waals surface area contributed by atoms with Crippen LogP contribution in [0.25, 0.3) is 0 Å². The number of hydrogen-bond acceptors (Lipinski definition) is 5. The summed E-state index contributed by atoms with van der Waals surface area (Å²) in [6.07, 6.45) is 2.72. The lowest BCUT2D eigenvalue weighted by Gasteiger charge is -2.24. The number of carbonyl (C=O) groups is 1. The van der Waals surface area contributed by atoms with Gasteiger partial charge in [0.25, 0.3) is 0 Å². The van der Waals surface area contributed by atoms with Gasteiger partial charge in [0.15, 0.2) is 0 Å². The van der Waals surface area contributed by atoms with Crippen LogP contribution in [0.5, 0.6) is 0 Å². The summed E-state index contributed by atoms with van der Waals surface area (Å²) in [6, 6.07) is 0. The molecule has 0 bridgehead atoms. The Morgan fingerprint density at radius 1 is 1.64 bits per heavy atom. The van der Waals surface area contributed by atoms with Crippen LogP contribution in [0, 0.1) is 0 Å². The molecule has 0 aliphatic carbocycles. The summed E-state index contributed by atoms with van der Waals surface area (Å²) in [5.41, 5.74) is 0. The zero-order chi connectivity index (χ0) is 11.0. The van der Waals surface area contributed by atoms with E-state index in [-0.39, 0.29) is 5.25 Å². The third kappa shape index (κ3) is 5.59. The number of nitrogens with zero attached hydrogens (tertiary/aromatic N) is 1. The van der Waals surface area contributed by atoms with Crippen molar-refractivity contribution in [1.82, 2.24) is 10.2 Å². The van der Waals surface area contributed by atoms with Gasteiger partial charge in [-0.2, -0.15) is 11.8 Å². The monoisotopic (exact) mass is 220 g/mol. The molecule has 0 radical (unpaired) electrons. The van der Waals surface area contributed by atoms with Crippen LogP contribution in [-0.4, -0.2) is 61.2 Å². The van der Waals surface area contributed by atoms with Gasteiger partial charge in [0.05, 0.1) is 5.25 Å². The van der Waals surface area contributed by atoms with Crippen LogP contribution in [-0.2, 0) is 4.79 Å². The van der Waals surface area contributed by atoms with Gasteiger partial charge in [-0.25, -0.2) is 0 Å². The fraction of sp³-hybridized carbons (Fsp3) is 0.889. The van der Waals surface area contributed by atoms with Crippen LogP contribution in [0.3, 0.4) is 0 Å². The van der Waals surface area contributed by atoms with Crippen molar-refractivity contribution in [3.05, 3.63) is 0 Å². The second-order valence-electron chi connectivity index (χ2n) is 3.21. The van der Waals surface area contributed by atoms with Gasteiger partial charge in [-0.1, -0.05) is 0 Å². The van der Waals surface area contributed by atoms with E-state index < -0.39 is 6.23 Å². The molecule has 0 aliphatic heterocycles. The Balaban J connectivity index is 3.80. The van der Waals surface area contributed by atoms with Crippen molar-refractivity contribution in [1.29, 1.82) is 0 Å². The highest BCUT2D eigenvalue weighted by Gasteiger charge is 2.16. The van der Waals surface area contributed by atoms with Crippen molar-refractivity contribution >= 4 is 18.0 Å². The maximum Gasteiger partial charge on any atom is 0.133 e. The van der Waals surface area contributed by atoms with Crippen LogP contribution in [0.1, 0.15) is 6.42 Å². The predicted molar refractivity (Wildman–Crippen MR) is 60.5 cm³/mol. The summed E-state index contributed by atoms with van der Waals surface area (Å²) in [5, 5.41) is 12.6. The highest BCUT2D eigenvalue weighted by molar-refractivity contribution is 7.99. The topological polar surface area (TPSA) is 52.6 Å². The van der Waals surface area contributed by atoms with Crippen LogP contribution in [0.4, 0.5) is 0 Å². The Labute approximate surface area is 90.0 Å². The Morgan fingerprint density at radius 3 is 2.71 bits per heavy atom. The van der Waals surface area contributed by atoms with E-state index in [9.17, 15) is 9.90 Å². The van der Waals surface area contributed by atoms with Crippen LogP contribution in [0.2, 0.25) is 0 Å². The van der Waals surface area contributed by atoms with E-state index in [2.05, 4.69) is 5.32 Å². The summed E-state index contributed by atoms with van der Waals surface area (Å²) in [6.45, 7) is 1.61. The minimum absolute atomic E-state index is 0.109. The smallest absolute Gasteiger partial charge is 0.133 e. The third-order valence-electron chi connectivity index (χ3n) is 2.12. The molecule has 0 spiro atoms. The molecule has 0 aromatic heterocycles. The molecule has 2 unspecified atom stereocenters. The molecule has 84 valence electrons. The lowest BCUT2D eigenvalue weighted by molar-refractivity contribution is -0.108. The fourth-order valence-electron chi connectivity index (χ4n) is 1.03. The van der Waals surface area contributed by atoms with Gasteiger partial charge >= 0.3 is 0 Å². The molecule has 5 heteroatoms. The molecule has 0 aromatic carbocycles. The molecule has 0 aromatic rings. The molecule has 2 atom stereocenters. The molecular weight excluding hydrogens is 200 g/mol. The first kappa shape index (κ1) is 13.9. The largest absolute Gasteiger partial charge is 0.378 e. The first-order chi connectivity index (χ1) is 6.65. The molecule has 0 heterocycles. The number of likely N-dealkylation sites (N-methyl/N-ethyl adjacent to an activating group) is 2. The number of aliphatic hydroxyl groups is 1. The zero-order valence-electron chi connectivity index (χ0n) is 9.06. The maximum absolute atomic E-state index is 10.5. The number of thioether (sulfide) groups is 1. The highest BCUT2D eigenvalue weighted by Crippen LogP contribution is 2.12. The molecule has 0 fully saturated rings. The first-order valence-corrected chi connectivity index (χ1v) is 5.95. The van der Waals surface area contributed by atoms with Crippen LogP contribution < -0.4 is 5.32 Å². The molecule has 0 aliphatic rings. The summed E-state index contributed by atoms with van der Waals surface area (Å²) < 4.78 is 0. The number of carbonyl (C=O) groups excluding carboxylic acids is 1. The van der Waals surface area contributed by atoms with E-state index in [1.807, 2.05) is 25.3 Å². The van der Waals surface area contributed by atoms with Gasteiger partial charge in [0, 0.05) is 19.5 Å². The molecular formula is C9H20N2O2S. The van der Waals surface area contributed by atoms with E-state index in [1.54, 1.807) is 0 Å². The molecule has 0 saturated heterocycles. The Morgan fingerprint density at radius 2 is 2.29 bits per heavy atom. The number of rotatable bonds is 8. The second kappa shape index (κ2) is 8.23. The zero-order valence-corrected chi connectivity index (χ0v) is 9.88. The second-order valence-corrected chi connectivity index (χ2v) is 4.29. The van der Waals surface area contributed by atoms with E-state index in [0.29, 0.717) is 6.42 Å². The van der Waals surface area contributed by atoms with Crippen molar-refractivity contribution in [2.75, 3.05) is 33.4 Å². The predicted octanol–water partition coefficient (Wildman–Crippen LogP) is -0.223. The average molecular weight is 220 g/mol. The summed E-state index contributed by atoms with van der Waals surface area (Å²) in [4.78, 5) is 12.4. The van der Waals surface area contributed by atoms with E-state index in [1.165, 1.54) is 11.8 Å². The summed E-state index contributed by atoms with van der Waals surface area (Å²) >= 11 is 1.47. The normalized spacial score (nSPS) is 15.5. The number of aldehydes is 1. The number of nitrogens with one attached hydrogen (secondary N) is 1. The van der Waals surface area contributed by atoms with Gasteiger partial charge in [0.2, 0.25) is 0 Å². The van der Waals surface area contributed by atoms with Crippen LogP contribution >= 0.6 is 11.8 Å². The van der Waals surface area contributed by atoms with Gasteiger partial charge in [-0.3, -0.25) is 4.90 Å². The molecule has 14 heavy (non-hydrogen) atoms. The number of hydrogen-bond donors (Lipinski definition) is 2. The standard InChI is InChI=1S/C9H20N2O2S/c1-10-4-5-11(2)9(13)6-8(7-12)14-3/h7-10,13H,4-6H2,1-3H3. The molecule has 0 saturated carbocycles. The highest BCUT2D eigenvalue weighted by atomic mass is 32.2. The SMILES string of the molecule is CNCCN(C)C(O)CC(C=O)SC. The quantitative estimate of drug-likeness (QED) is 0.437. The van der Waals surface area contributed by atoms with Crippen molar-refractivity contribution in [2.45, 2.75) is 17.9 Å². The molecule has 4 nitrogen and oxygen atoms in total. The van der Waals surface area contributed by atoms with E-state index >= 15 is 0 Å². The molecule has 0 rings (SSSR count). The van der Waals surface area contributed by atoms with Gasteiger partial charge in [-0.05, 0) is 20.4 Å². The maximum atomic E-state index is 10.5. The van der Waals surface area contributed by atoms with E-state index in [4.69, 9.17) is 0 Å². The minimum atomic E-state index is -0.536. The van der Waals surface area contributed by atoms with Crippen molar-refractivity contribution in [2.24, 2.45) is 0 Å². The van der Waals surface area contributed by atoms with Crippen molar-refractivity contribution in [3.8, 4) is 0 Å². The first-order valence-electron chi connectivity index (χ1n) is 4.66. The lowest BCUT2D eigenvalue weighted by atomic mass is 10.2. The summed E-state index contributed by atoms with van der Waals surface area (Å²) in [5.74, 6) is 0. The van der Waals surface area contributed by atoms with Gasteiger partial charge in [0.1, 0.15) is 12.5 Å². The number of aliphatic hydroxyl groups excluding tert-OH is 1. The Hall–Kier alpha value is -0.100. The lowest BCUT2D eigenvalue weighted by Crippen LogP contribution is -2.38. The molecule has 0 amide bonds. The van der Waals surface area contributed by atoms with Crippen molar-refractivity contribution in [3.63, 3.8) is 0 Å².